The van der Waals surface area contributed by atoms with Crippen LogP contribution in [0.1, 0.15) is 24.0 Å². The fourth-order valence-electron chi connectivity index (χ4n) is 1.90. The first-order valence-electron chi connectivity index (χ1n) is 6.27. The number of benzene rings is 2. The maximum absolute atomic E-state index is 12.2. The maximum Gasteiger partial charge on any atom is 0.231 e. The molecule has 1 amide bonds. The Hall–Kier alpha value is -2.80. The lowest BCUT2D eigenvalue weighted by Crippen LogP contribution is -2.19. The summed E-state index contributed by atoms with van der Waals surface area (Å²) < 4.78 is 0. The van der Waals surface area contributed by atoms with E-state index in [9.17, 15) is 4.79 Å². The molecule has 0 bridgehead atoms. The quantitative estimate of drug-likeness (QED) is 0.837. The molecule has 2 aromatic carbocycles. The minimum Gasteiger partial charge on any atom is -0.399 e. The molecule has 0 radical (unpaired) electrons. The summed E-state index contributed by atoms with van der Waals surface area (Å²) in [5.74, 6) is -0.447. The van der Waals surface area contributed by atoms with Crippen LogP contribution in [0.5, 0.6) is 0 Å². The van der Waals surface area contributed by atoms with E-state index >= 15 is 0 Å². The molecule has 0 aliphatic rings. The first kappa shape index (κ1) is 13.6. The minimum atomic E-state index is -0.291. The summed E-state index contributed by atoms with van der Waals surface area (Å²) in [5, 5.41) is 11.8. The number of amides is 1. The van der Waals surface area contributed by atoms with Gasteiger partial charge in [-0.15, -0.1) is 0 Å². The Labute approximate surface area is 117 Å². The number of nitriles is 1. The van der Waals surface area contributed by atoms with Crippen LogP contribution in [0, 0.1) is 11.3 Å². The third kappa shape index (κ3) is 2.96. The van der Waals surface area contributed by atoms with Crippen molar-refractivity contribution in [1.29, 1.82) is 5.26 Å². The minimum absolute atomic E-state index is 0.155. The molecule has 0 aliphatic heterocycles. The van der Waals surface area contributed by atoms with Crippen LogP contribution in [0.3, 0.4) is 0 Å². The average Bonchev–Trinajstić information content (AvgIpc) is 2.49. The van der Waals surface area contributed by atoms with Gasteiger partial charge in [0.05, 0.1) is 17.2 Å². The van der Waals surface area contributed by atoms with Crippen molar-refractivity contribution in [3.63, 3.8) is 0 Å². The molecule has 2 rings (SSSR count). The highest BCUT2D eigenvalue weighted by Crippen LogP contribution is 2.21. The van der Waals surface area contributed by atoms with E-state index in [4.69, 9.17) is 11.0 Å². The third-order valence-electron chi connectivity index (χ3n) is 3.11. The van der Waals surface area contributed by atoms with Crippen LogP contribution in [0.25, 0.3) is 0 Å². The Kier molecular flexibility index (Phi) is 4.02. The van der Waals surface area contributed by atoms with Crippen molar-refractivity contribution in [2.24, 2.45) is 0 Å². The molecule has 3 N–H and O–H groups in total. The van der Waals surface area contributed by atoms with E-state index in [2.05, 4.69) is 5.32 Å². The molecule has 100 valence electrons. The largest absolute Gasteiger partial charge is 0.399 e. The molecule has 20 heavy (non-hydrogen) atoms. The van der Waals surface area contributed by atoms with Crippen LogP contribution < -0.4 is 11.1 Å². The van der Waals surface area contributed by atoms with Gasteiger partial charge in [-0.1, -0.05) is 30.3 Å². The lowest BCUT2D eigenvalue weighted by atomic mass is 10.0. The Bertz CT molecular complexity index is 659. The second-order valence-corrected chi connectivity index (χ2v) is 4.54. The highest BCUT2D eigenvalue weighted by molar-refractivity contribution is 5.96. The van der Waals surface area contributed by atoms with Gasteiger partial charge in [0.15, 0.2) is 0 Å². The Morgan fingerprint density at radius 1 is 1.25 bits per heavy atom. The fraction of sp³-hybridized carbons (Fsp3) is 0.125. The lowest BCUT2D eigenvalue weighted by Gasteiger charge is -2.13. The van der Waals surface area contributed by atoms with Crippen LogP contribution in [0.15, 0.2) is 48.5 Å². The van der Waals surface area contributed by atoms with E-state index in [1.165, 1.54) is 0 Å². The number of nitrogens with zero attached hydrogens (tertiary/aromatic N) is 1. The first-order chi connectivity index (χ1) is 9.61. The number of hydrogen-bond donors (Lipinski definition) is 2. The molecular weight excluding hydrogens is 250 g/mol. The molecule has 0 heterocycles. The van der Waals surface area contributed by atoms with Crippen LogP contribution in [-0.4, -0.2) is 5.91 Å². The van der Waals surface area contributed by atoms with Gasteiger partial charge in [0.1, 0.15) is 6.07 Å². The zero-order valence-electron chi connectivity index (χ0n) is 11.1. The van der Waals surface area contributed by atoms with Crippen LogP contribution in [-0.2, 0) is 4.79 Å². The fourth-order valence-corrected chi connectivity index (χ4v) is 1.90. The van der Waals surface area contributed by atoms with E-state index in [-0.39, 0.29) is 11.8 Å². The van der Waals surface area contributed by atoms with Crippen molar-refractivity contribution in [1.82, 2.24) is 0 Å². The molecule has 1 unspecified atom stereocenters. The molecule has 0 spiro atoms. The van der Waals surface area contributed by atoms with Gasteiger partial charge in [-0.3, -0.25) is 4.79 Å². The normalized spacial score (nSPS) is 11.4. The Morgan fingerprint density at radius 3 is 2.60 bits per heavy atom. The highest BCUT2D eigenvalue weighted by Gasteiger charge is 2.16. The summed E-state index contributed by atoms with van der Waals surface area (Å²) in [4.78, 5) is 12.2. The summed E-state index contributed by atoms with van der Waals surface area (Å²) in [6, 6.07) is 16.4. The zero-order chi connectivity index (χ0) is 14.5. The number of carbonyl (C=O) groups is 1. The average molecular weight is 265 g/mol. The highest BCUT2D eigenvalue weighted by atomic mass is 16.1. The van der Waals surface area contributed by atoms with E-state index < -0.39 is 0 Å². The SMILES string of the molecule is CC(C(=O)Nc1ccc(N)cc1C#N)c1ccccc1. The molecular formula is C16H15N3O. The first-order valence-corrected chi connectivity index (χ1v) is 6.27. The molecule has 4 nitrogen and oxygen atoms in total. The molecule has 1 atom stereocenters. The maximum atomic E-state index is 12.2. The number of nitrogen functional groups attached to an aromatic ring is 1. The molecule has 4 heteroatoms. The summed E-state index contributed by atoms with van der Waals surface area (Å²) in [6.45, 7) is 1.83. The van der Waals surface area contributed by atoms with Gasteiger partial charge in [0, 0.05) is 5.69 Å². The Balaban J connectivity index is 2.19. The van der Waals surface area contributed by atoms with Crippen molar-refractivity contribution >= 4 is 17.3 Å². The van der Waals surface area contributed by atoms with E-state index in [0.717, 1.165) is 5.56 Å². The van der Waals surface area contributed by atoms with Crippen molar-refractivity contribution in [2.45, 2.75) is 12.8 Å². The molecule has 0 aliphatic carbocycles. The van der Waals surface area contributed by atoms with Crippen LogP contribution in [0.4, 0.5) is 11.4 Å². The lowest BCUT2D eigenvalue weighted by molar-refractivity contribution is -0.117. The predicted molar refractivity (Wildman–Crippen MR) is 79.1 cm³/mol. The topological polar surface area (TPSA) is 78.9 Å². The van der Waals surface area contributed by atoms with Crippen LogP contribution >= 0.6 is 0 Å². The second kappa shape index (κ2) is 5.89. The molecule has 0 saturated carbocycles. The van der Waals surface area contributed by atoms with E-state index in [0.29, 0.717) is 16.9 Å². The van der Waals surface area contributed by atoms with Gasteiger partial charge < -0.3 is 11.1 Å². The monoisotopic (exact) mass is 265 g/mol. The number of nitrogens with two attached hydrogens (primary N) is 1. The third-order valence-corrected chi connectivity index (χ3v) is 3.11. The number of rotatable bonds is 3. The second-order valence-electron chi connectivity index (χ2n) is 4.54. The van der Waals surface area contributed by atoms with Gasteiger partial charge in [0.25, 0.3) is 0 Å². The van der Waals surface area contributed by atoms with Gasteiger partial charge in [-0.25, -0.2) is 0 Å². The molecule has 2 aromatic rings. The standard InChI is InChI=1S/C16H15N3O/c1-11(12-5-3-2-4-6-12)16(20)19-15-8-7-14(18)9-13(15)10-17/h2-9,11H,18H2,1H3,(H,19,20). The van der Waals surface area contributed by atoms with E-state index in [1.54, 1.807) is 18.2 Å². The van der Waals surface area contributed by atoms with Gasteiger partial charge >= 0.3 is 0 Å². The summed E-state index contributed by atoms with van der Waals surface area (Å²) in [7, 11) is 0. The van der Waals surface area contributed by atoms with Gasteiger partial charge in [0.2, 0.25) is 5.91 Å². The molecule has 0 fully saturated rings. The molecule has 0 aromatic heterocycles. The van der Waals surface area contributed by atoms with Crippen molar-refractivity contribution in [3.05, 3.63) is 59.7 Å². The van der Waals surface area contributed by atoms with Gasteiger partial charge in [-0.2, -0.15) is 5.26 Å². The number of nitrogens with one attached hydrogen (secondary N) is 1. The summed E-state index contributed by atoms with van der Waals surface area (Å²) in [6.07, 6.45) is 0. The smallest absolute Gasteiger partial charge is 0.231 e. The molecule has 0 saturated heterocycles. The number of hydrogen-bond acceptors (Lipinski definition) is 3. The van der Waals surface area contributed by atoms with Gasteiger partial charge in [-0.05, 0) is 30.7 Å². The zero-order valence-corrected chi connectivity index (χ0v) is 11.1. The van der Waals surface area contributed by atoms with Crippen molar-refractivity contribution < 1.29 is 4.79 Å². The number of carbonyl (C=O) groups excluding carboxylic acids is 1. The van der Waals surface area contributed by atoms with E-state index in [1.807, 2.05) is 43.3 Å². The summed E-state index contributed by atoms with van der Waals surface area (Å²) >= 11 is 0. The predicted octanol–water partition coefficient (Wildman–Crippen LogP) is 2.88. The van der Waals surface area contributed by atoms with Crippen LogP contribution in [0.2, 0.25) is 0 Å². The number of anilines is 2. The van der Waals surface area contributed by atoms with Crippen molar-refractivity contribution in [2.75, 3.05) is 11.1 Å². The van der Waals surface area contributed by atoms with Crippen molar-refractivity contribution in [3.8, 4) is 6.07 Å². The summed E-state index contributed by atoms with van der Waals surface area (Å²) in [5.41, 5.74) is 7.89. The Morgan fingerprint density at radius 2 is 1.95 bits per heavy atom.